The lowest BCUT2D eigenvalue weighted by Gasteiger charge is -2.20. The van der Waals surface area contributed by atoms with Crippen LogP contribution >= 0.6 is 11.3 Å². The molecule has 2 atom stereocenters. The summed E-state index contributed by atoms with van der Waals surface area (Å²) in [5.74, 6) is -0.311. The molecule has 6 nitrogen and oxygen atoms in total. The molecule has 1 N–H and O–H groups in total. The number of rotatable bonds is 6. The van der Waals surface area contributed by atoms with E-state index < -0.39 is 10.0 Å². The van der Waals surface area contributed by atoms with Crippen LogP contribution in [-0.2, 0) is 26.0 Å². The summed E-state index contributed by atoms with van der Waals surface area (Å²) >= 11 is 1.53. The van der Waals surface area contributed by atoms with Crippen molar-refractivity contribution < 1.29 is 17.9 Å². The monoisotopic (exact) mass is 332 g/mol. The Morgan fingerprint density at radius 1 is 1.48 bits per heavy atom. The number of nitrogens with zero attached hydrogens (tertiary/aromatic N) is 1. The van der Waals surface area contributed by atoms with Crippen LogP contribution in [0.5, 0.6) is 0 Å². The quantitative estimate of drug-likeness (QED) is 0.814. The summed E-state index contributed by atoms with van der Waals surface area (Å²) in [5.41, 5.74) is 0. The van der Waals surface area contributed by atoms with Crippen LogP contribution in [0.3, 0.4) is 0 Å². The molecule has 1 saturated heterocycles. The number of ether oxygens (including phenoxy) is 1. The highest BCUT2D eigenvalue weighted by atomic mass is 32.2. The molecular weight excluding hydrogens is 312 g/mol. The number of amides is 1. The first-order valence-electron chi connectivity index (χ1n) is 6.68. The topological polar surface area (TPSA) is 75.7 Å². The molecule has 1 fully saturated rings. The molecule has 118 valence electrons. The standard InChI is InChI=1S/C13H20N2O4S2/c1-15(2)21(17,18)9-10-7-19-8-12(10)14-13(16)6-11-4-3-5-20-11/h3-5,10,12H,6-9H2,1-2H3,(H,14,16)/t10-,12-/m0/s1. The second-order valence-electron chi connectivity index (χ2n) is 5.29. The molecule has 0 aliphatic carbocycles. The summed E-state index contributed by atoms with van der Waals surface area (Å²) in [5, 5.41) is 4.81. The minimum atomic E-state index is -3.30. The first-order valence-corrected chi connectivity index (χ1v) is 9.17. The molecule has 2 heterocycles. The third-order valence-corrected chi connectivity index (χ3v) is 6.28. The Labute approximate surface area is 129 Å². The molecule has 0 aromatic carbocycles. The Balaban J connectivity index is 1.91. The van der Waals surface area contributed by atoms with E-state index in [1.54, 1.807) is 0 Å². The highest BCUT2D eigenvalue weighted by Crippen LogP contribution is 2.18. The van der Waals surface area contributed by atoms with Crippen molar-refractivity contribution in [2.24, 2.45) is 5.92 Å². The fraction of sp³-hybridized carbons (Fsp3) is 0.615. The number of nitrogens with one attached hydrogen (secondary N) is 1. The van der Waals surface area contributed by atoms with Gasteiger partial charge in [0.1, 0.15) is 0 Å². The molecule has 1 aromatic rings. The van der Waals surface area contributed by atoms with E-state index in [0.29, 0.717) is 19.6 Å². The Bertz CT molecular complexity index is 569. The van der Waals surface area contributed by atoms with Crippen molar-refractivity contribution >= 4 is 27.3 Å². The van der Waals surface area contributed by atoms with Gasteiger partial charge in [0.2, 0.25) is 15.9 Å². The average Bonchev–Trinajstić information content (AvgIpc) is 3.02. The maximum absolute atomic E-state index is 12.0. The van der Waals surface area contributed by atoms with Gasteiger partial charge in [-0.2, -0.15) is 0 Å². The van der Waals surface area contributed by atoms with E-state index in [1.807, 2.05) is 17.5 Å². The summed E-state index contributed by atoms with van der Waals surface area (Å²) in [6, 6.07) is 3.56. The van der Waals surface area contributed by atoms with Crippen LogP contribution in [-0.4, -0.2) is 57.7 Å². The fourth-order valence-corrected chi connectivity index (χ4v) is 4.04. The highest BCUT2D eigenvalue weighted by molar-refractivity contribution is 7.89. The number of thiophene rings is 1. The second kappa shape index (κ2) is 6.87. The van der Waals surface area contributed by atoms with Crippen LogP contribution in [0.15, 0.2) is 17.5 Å². The van der Waals surface area contributed by atoms with Crippen molar-refractivity contribution in [1.29, 1.82) is 0 Å². The van der Waals surface area contributed by atoms with Crippen LogP contribution < -0.4 is 5.32 Å². The summed E-state index contributed by atoms with van der Waals surface area (Å²) in [6.45, 7) is 0.723. The third-order valence-electron chi connectivity index (χ3n) is 3.44. The van der Waals surface area contributed by atoms with Gasteiger partial charge in [-0.25, -0.2) is 12.7 Å². The first-order chi connectivity index (χ1) is 9.88. The molecule has 1 aliphatic heterocycles. The lowest BCUT2D eigenvalue weighted by atomic mass is 10.1. The molecule has 1 aliphatic rings. The molecule has 0 saturated carbocycles. The Hall–Kier alpha value is -0.960. The molecule has 2 rings (SSSR count). The summed E-state index contributed by atoms with van der Waals surface area (Å²) in [7, 11) is -0.277. The molecule has 1 amide bonds. The second-order valence-corrected chi connectivity index (χ2v) is 8.55. The molecule has 21 heavy (non-hydrogen) atoms. The van der Waals surface area contributed by atoms with E-state index in [4.69, 9.17) is 4.74 Å². The van der Waals surface area contributed by atoms with E-state index in [9.17, 15) is 13.2 Å². The van der Waals surface area contributed by atoms with Crippen molar-refractivity contribution in [3.8, 4) is 0 Å². The maximum Gasteiger partial charge on any atom is 0.225 e. The highest BCUT2D eigenvalue weighted by Gasteiger charge is 2.34. The molecule has 0 bridgehead atoms. The number of carbonyl (C=O) groups is 1. The van der Waals surface area contributed by atoms with Gasteiger partial charge in [-0.05, 0) is 11.4 Å². The van der Waals surface area contributed by atoms with Gasteiger partial charge in [0, 0.05) is 24.9 Å². The van der Waals surface area contributed by atoms with Gasteiger partial charge in [-0.1, -0.05) is 6.07 Å². The third kappa shape index (κ3) is 4.50. The van der Waals surface area contributed by atoms with Crippen LogP contribution in [0.4, 0.5) is 0 Å². The van der Waals surface area contributed by atoms with Crippen molar-refractivity contribution in [2.75, 3.05) is 33.1 Å². The van der Waals surface area contributed by atoms with Crippen molar-refractivity contribution in [3.05, 3.63) is 22.4 Å². The molecular formula is C13H20N2O4S2. The largest absolute Gasteiger partial charge is 0.379 e. The van der Waals surface area contributed by atoms with Gasteiger partial charge >= 0.3 is 0 Å². The zero-order valence-electron chi connectivity index (χ0n) is 12.1. The zero-order valence-corrected chi connectivity index (χ0v) is 13.7. The van der Waals surface area contributed by atoms with Gasteiger partial charge in [-0.3, -0.25) is 4.79 Å². The van der Waals surface area contributed by atoms with Crippen molar-refractivity contribution in [2.45, 2.75) is 12.5 Å². The number of sulfonamides is 1. The molecule has 1 aromatic heterocycles. The van der Waals surface area contributed by atoms with E-state index >= 15 is 0 Å². The molecule has 0 unspecified atom stereocenters. The predicted octanol–water partition coefficient (Wildman–Crippen LogP) is 0.313. The van der Waals surface area contributed by atoms with Crippen LogP contribution in [0.2, 0.25) is 0 Å². The van der Waals surface area contributed by atoms with Gasteiger partial charge in [0.05, 0.1) is 31.4 Å². The number of carbonyl (C=O) groups excluding carboxylic acids is 1. The molecule has 0 spiro atoms. The number of hydrogen-bond donors (Lipinski definition) is 1. The van der Waals surface area contributed by atoms with Gasteiger partial charge in [-0.15, -0.1) is 11.3 Å². The van der Waals surface area contributed by atoms with Crippen LogP contribution in [0, 0.1) is 5.92 Å². The minimum Gasteiger partial charge on any atom is -0.379 e. The van der Waals surface area contributed by atoms with Gasteiger partial charge in [0.25, 0.3) is 0 Å². The number of hydrogen-bond acceptors (Lipinski definition) is 5. The Morgan fingerprint density at radius 2 is 2.24 bits per heavy atom. The summed E-state index contributed by atoms with van der Waals surface area (Å²) in [6.07, 6.45) is 0.321. The van der Waals surface area contributed by atoms with Crippen molar-refractivity contribution in [3.63, 3.8) is 0 Å². The smallest absolute Gasteiger partial charge is 0.225 e. The lowest BCUT2D eigenvalue weighted by molar-refractivity contribution is -0.121. The zero-order chi connectivity index (χ0) is 15.5. The normalized spacial score (nSPS) is 22.6. The fourth-order valence-electron chi connectivity index (χ4n) is 2.17. The lowest BCUT2D eigenvalue weighted by Crippen LogP contribution is -2.44. The van der Waals surface area contributed by atoms with Crippen LogP contribution in [0.1, 0.15) is 4.88 Å². The first kappa shape index (κ1) is 16.4. The summed E-state index contributed by atoms with van der Waals surface area (Å²) in [4.78, 5) is 13.0. The average molecular weight is 332 g/mol. The minimum absolute atomic E-state index is 0.00997. The van der Waals surface area contributed by atoms with Gasteiger partial charge in [0.15, 0.2) is 0 Å². The van der Waals surface area contributed by atoms with E-state index in [-0.39, 0.29) is 23.6 Å². The van der Waals surface area contributed by atoms with E-state index in [1.165, 1.54) is 29.7 Å². The summed E-state index contributed by atoms with van der Waals surface area (Å²) < 4.78 is 30.4. The van der Waals surface area contributed by atoms with E-state index in [0.717, 1.165) is 4.88 Å². The van der Waals surface area contributed by atoms with Crippen molar-refractivity contribution in [1.82, 2.24) is 9.62 Å². The molecule has 8 heteroatoms. The molecule has 0 radical (unpaired) electrons. The van der Waals surface area contributed by atoms with Gasteiger partial charge < -0.3 is 10.1 Å². The Morgan fingerprint density at radius 3 is 2.86 bits per heavy atom. The maximum atomic E-state index is 12.0. The predicted molar refractivity (Wildman–Crippen MR) is 81.7 cm³/mol. The Kier molecular flexibility index (Phi) is 5.37. The SMILES string of the molecule is CN(C)S(=O)(=O)C[C@@H]1COC[C@@H]1NC(=O)Cc1cccs1. The van der Waals surface area contributed by atoms with E-state index in [2.05, 4.69) is 5.32 Å². The van der Waals surface area contributed by atoms with Crippen LogP contribution in [0.25, 0.3) is 0 Å².